The smallest absolute Gasteiger partial charge is 0.206 e. The van der Waals surface area contributed by atoms with E-state index in [1.165, 1.54) is 11.1 Å². The highest BCUT2D eigenvalue weighted by Crippen LogP contribution is 2.35. The molecule has 2 atom stereocenters. The van der Waals surface area contributed by atoms with Crippen molar-refractivity contribution in [3.05, 3.63) is 59.3 Å². The van der Waals surface area contributed by atoms with Gasteiger partial charge in [0.05, 0.1) is 11.2 Å². The summed E-state index contributed by atoms with van der Waals surface area (Å²) in [5.74, 6) is 0.405. The Morgan fingerprint density at radius 3 is 3.07 bits per heavy atom. The lowest BCUT2D eigenvalue weighted by molar-refractivity contribution is 0.546. The van der Waals surface area contributed by atoms with Gasteiger partial charge in [-0.2, -0.15) is 5.10 Å². The van der Waals surface area contributed by atoms with E-state index < -0.39 is 0 Å². The van der Waals surface area contributed by atoms with Gasteiger partial charge in [-0.15, -0.1) is 10.2 Å². The molecule has 4 aromatic rings. The summed E-state index contributed by atoms with van der Waals surface area (Å²) >= 11 is 1.55. The van der Waals surface area contributed by atoms with Crippen LogP contribution in [-0.4, -0.2) is 33.0 Å². The summed E-state index contributed by atoms with van der Waals surface area (Å²) in [5, 5.41) is 22.1. The van der Waals surface area contributed by atoms with E-state index in [1.54, 1.807) is 11.3 Å². The van der Waals surface area contributed by atoms with Crippen molar-refractivity contribution in [2.24, 2.45) is 5.73 Å². The van der Waals surface area contributed by atoms with Gasteiger partial charge in [0, 0.05) is 29.5 Å². The van der Waals surface area contributed by atoms with E-state index in [0.717, 1.165) is 45.1 Å². The molecule has 0 spiro atoms. The number of nitrogens with two attached hydrogens (primary N) is 1. The van der Waals surface area contributed by atoms with Gasteiger partial charge in [0.1, 0.15) is 5.01 Å². The summed E-state index contributed by atoms with van der Waals surface area (Å²) in [4.78, 5) is 0. The highest BCUT2D eigenvalue weighted by molar-refractivity contribution is 7.18. The number of hydrogen-bond donors (Lipinski definition) is 3. The number of nitrogens with zero attached hydrogens (tertiary/aromatic N) is 3. The Morgan fingerprint density at radius 2 is 2.14 bits per heavy atom. The van der Waals surface area contributed by atoms with Crippen LogP contribution in [-0.2, 0) is 6.42 Å². The van der Waals surface area contributed by atoms with E-state index in [0.29, 0.717) is 12.5 Å². The normalized spacial score (nSPS) is 17.0. The average molecular weight is 391 g/mol. The molecule has 1 aliphatic rings. The van der Waals surface area contributed by atoms with E-state index in [9.17, 15) is 0 Å². The maximum absolute atomic E-state index is 6.51. The van der Waals surface area contributed by atoms with Crippen molar-refractivity contribution in [2.45, 2.75) is 31.7 Å². The zero-order valence-corrected chi connectivity index (χ0v) is 16.5. The molecule has 2 aromatic carbocycles. The molecule has 5 rings (SSSR count). The first-order valence-electron chi connectivity index (χ1n) is 9.55. The number of H-pyrrole nitrogens is 1. The van der Waals surface area contributed by atoms with Gasteiger partial charge in [-0.05, 0) is 49.1 Å². The molecule has 0 radical (unpaired) electrons. The Balaban J connectivity index is 1.28. The highest BCUT2D eigenvalue weighted by Gasteiger charge is 2.27. The van der Waals surface area contributed by atoms with Crippen molar-refractivity contribution in [1.82, 2.24) is 20.4 Å². The predicted molar refractivity (Wildman–Crippen MR) is 114 cm³/mol. The second-order valence-electron chi connectivity index (χ2n) is 7.37. The van der Waals surface area contributed by atoms with Crippen molar-refractivity contribution in [2.75, 3.05) is 11.9 Å². The van der Waals surface area contributed by atoms with Gasteiger partial charge < -0.3 is 11.1 Å². The molecule has 0 saturated carbocycles. The minimum Gasteiger partial charge on any atom is -0.358 e. The maximum Gasteiger partial charge on any atom is 0.206 e. The molecule has 2 aromatic heterocycles. The first-order chi connectivity index (χ1) is 13.7. The zero-order valence-electron chi connectivity index (χ0n) is 15.6. The van der Waals surface area contributed by atoms with Gasteiger partial charge in [-0.25, -0.2) is 0 Å². The standard InChI is InChI=1S/C21H22N6S/c1-12-17-10-14(7-9-19(17)25-24-12)20-26-27-21(28-20)23-11-18(22)16-8-6-13-4-2-3-5-15(13)16/h2-5,7,9-10,16,18H,6,8,11,22H2,1H3,(H,23,27)(H,24,25)/t16-,18-/m1/s1. The van der Waals surface area contributed by atoms with Gasteiger partial charge in [-0.3, -0.25) is 5.10 Å². The highest BCUT2D eigenvalue weighted by atomic mass is 32.1. The van der Waals surface area contributed by atoms with Crippen LogP contribution in [0.4, 0.5) is 5.13 Å². The van der Waals surface area contributed by atoms with E-state index in [4.69, 9.17) is 5.73 Å². The minimum atomic E-state index is 0.0564. The average Bonchev–Trinajstić information content (AvgIpc) is 3.44. The molecule has 0 unspecified atom stereocenters. The van der Waals surface area contributed by atoms with E-state index in [2.05, 4.69) is 56.0 Å². The molecule has 7 heteroatoms. The second kappa shape index (κ2) is 7.00. The Hall–Kier alpha value is -2.77. The fourth-order valence-corrected chi connectivity index (χ4v) is 4.82. The van der Waals surface area contributed by atoms with Crippen LogP contribution in [0.5, 0.6) is 0 Å². The fourth-order valence-electron chi connectivity index (χ4n) is 4.07. The number of benzene rings is 2. The molecule has 4 N–H and O–H groups in total. The number of fused-ring (bicyclic) bond motifs is 2. The van der Waals surface area contributed by atoms with Crippen molar-refractivity contribution in [3.63, 3.8) is 0 Å². The lowest BCUT2D eigenvalue weighted by atomic mass is 9.94. The third-order valence-electron chi connectivity index (χ3n) is 5.61. The van der Waals surface area contributed by atoms with Crippen LogP contribution in [0.1, 0.15) is 29.2 Å². The second-order valence-corrected chi connectivity index (χ2v) is 8.35. The lowest BCUT2D eigenvalue weighted by Gasteiger charge is -2.20. The monoisotopic (exact) mass is 390 g/mol. The van der Waals surface area contributed by atoms with Gasteiger partial charge in [0.2, 0.25) is 5.13 Å². The van der Waals surface area contributed by atoms with Crippen LogP contribution >= 0.6 is 11.3 Å². The summed E-state index contributed by atoms with van der Waals surface area (Å²) < 4.78 is 0. The molecule has 0 fully saturated rings. The molecule has 2 heterocycles. The van der Waals surface area contributed by atoms with Gasteiger partial charge in [0.15, 0.2) is 0 Å². The SMILES string of the molecule is Cc1n[nH]c2ccc(-c3nnc(NC[C@@H](N)[C@@H]4CCc5ccccc54)s3)cc12. The largest absolute Gasteiger partial charge is 0.358 e. The number of rotatable bonds is 5. The van der Waals surface area contributed by atoms with Gasteiger partial charge >= 0.3 is 0 Å². The zero-order chi connectivity index (χ0) is 19.1. The van der Waals surface area contributed by atoms with Crippen LogP contribution in [0.25, 0.3) is 21.5 Å². The molecule has 0 aliphatic heterocycles. The van der Waals surface area contributed by atoms with Crippen LogP contribution in [0.2, 0.25) is 0 Å². The van der Waals surface area contributed by atoms with Crippen molar-refractivity contribution >= 4 is 27.4 Å². The van der Waals surface area contributed by atoms with Gasteiger partial charge in [-0.1, -0.05) is 35.6 Å². The molecular weight excluding hydrogens is 368 g/mol. The first kappa shape index (κ1) is 17.3. The van der Waals surface area contributed by atoms with E-state index in [-0.39, 0.29) is 6.04 Å². The Bertz CT molecular complexity index is 1130. The Morgan fingerprint density at radius 1 is 1.25 bits per heavy atom. The summed E-state index contributed by atoms with van der Waals surface area (Å²) in [6, 6.07) is 14.9. The number of aromatic nitrogens is 4. The molecule has 142 valence electrons. The topological polar surface area (TPSA) is 92.5 Å². The van der Waals surface area contributed by atoms with Crippen LogP contribution < -0.4 is 11.1 Å². The molecule has 6 nitrogen and oxygen atoms in total. The molecule has 28 heavy (non-hydrogen) atoms. The number of aromatic amines is 1. The Kier molecular flexibility index (Phi) is 4.33. The Labute approximate surface area is 167 Å². The van der Waals surface area contributed by atoms with Crippen molar-refractivity contribution in [1.29, 1.82) is 0 Å². The third kappa shape index (κ3) is 3.06. The number of hydrogen-bond acceptors (Lipinski definition) is 6. The third-order valence-corrected chi connectivity index (χ3v) is 6.54. The van der Waals surface area contributed by atoms with E-state index >= 15 is 0 Å². The van der Waals surface area contributed by atoms with Gasteiger partial charge in [0.25, 0.3) is 0 Å². The predicted octanol–water partition coefficient (Wildman–Crippen LogP) is 3.86. The van der Waals surface area contributed by atoms with Crippen LogP contribution in [0.3, 0.4) is 0 Å². The number of anilines is 1. The number of aryl methyl sites for hydroxylation is 2. The summed E-state index contributed by atoms with van der Waals surface area (Å²) in [6.45, 7) is 2.69. The molecule has 0 bridgehead atoms. The quantitative estimate of drug-likeness (QED) is 0.481. The number of nitrogens with one attached hydrogen (secondary N) is 2. The summed E-state index contributed by atoms with van der Waals surface area (Å²) in [7, 11) is 0. The first-order valence-corrected chi connectivity index (χ1v) is 10.4. The van der Waals surface area contributed by atoms with Crippen molar-refractivity contribution in [3.8, 4) is 10.6 Å². The fraction of sp³-hybridized carbons (Fsp3) is 0.286. The summed E-state index contributed by atoms with van der Waals surface area (Å²) in [5.41, 5.74) is 12.4. The van der Waals surface area contributed by atoms with E-state index in [1.807, 2.05) is 19.1 Å². The summed E-state index contributed by atoms with van der Waals surface area (Å²) in [6.07, 6.45) is 2.24. The molecule has 0 amide bonds. The molecule has 0 saturated heterocycles. The lowest BCUT2D eigenvalue weighted by Crippen LogP contribution is -2.34. The van der Waals surface area contributed by atoms with Crippen LogP contribution in [0.15, 0.2) is 42.5 Å². The minimum absolute atomic E-state index is 0.0564. The maximum atomic E-state index is 6.51. The van der Waals surface area contributed by atoms with Crippen LogP contribution in [0, 0.1) is 6.92 Å². The molecule has 1 aliphatic carbocycles. The molecular formula is C21H22N6S. The van der Waals surface area contributed by atoms with Crippen molar-refractivity contribution < 1.29 is 0 Å².